The number of aliphatic hydroxyl groups is 1. The number of hydrogen-bond donors (Lipinski definition) is 1. The lowest BCUT2D eigenvalue weighted by molar-refractivity contribution is 0.284. The molecule has 2 rings (SSSR count). The highest BCUT2D eigenvalue weighted by Crippen LogP contribution is 2.24. The van der Waals surface area contributed by atoms with Crippen molar-refractivity contribution in [3.8, 4) is 11.3 Å². The fourth-order valence-corrected chi connectivity index (χ4v) is 2.68. The number of aromatic nitrogens is 1. The van der Waals surface area contributed by atoms with Gasteiger partial charge in [-0.05, 0) is 31.4 Å². The Morgan fingerprint density at radius 2 is 1.94 bits per heavy atom. The van der Waals surface area contributed by atoms with E-state index in [-0.39, 0.29) is 6.61 Å². The number of aryl methyl sites for hydroxylation is 1. The molecular formula is C13H14BrNOS. The van der Waals surface area contributed by atoms with Crippen LogP contribution in [-0.4, -0.2) is 16.7 Å². The Labute approximate surface area is 113 Å². The van der Waals surface area contributed by atoms with Gasteiger partial charge in [-0.3, -0.25) is 0 Å². The molecule has 0 aliphatic carbocycles. The van der Waals surface area contributed by atoms with Crippen LogP contribution in [0.4, 0.5) is 0 Å². The minimum Gasteiger partial charge on any atom is -0.396 e. The van der Waals surface area contributed by atoms with Crippen molar-refractivity contribution < 1.29 is 5.11 Å². The molecule has 0 unspecified atom stereocenters. The molecule has 4 heteroatoms. The molecule has 0 fully saturated rings. The lowest BCUT2D eigenvalue weighted by Crippen LogP contribution is -1.88. The molecule has 1 heterocycles. The first-order valence-corrected chi connectivity index (χ1v) is 7.28. The Hall–Kier alpha value is -0.710. The number of nitrogens with zero attached hydrogens (tertiary/aromatic N) is 1. The number of rotatable bonds is 5. The van der Waals surface area contributed by atoms with Crippen molar-refractivity contribution in [1.82, 2.24) is 4.98 Å². The van der Waals surface area contributed by atoms with Gasteiger partial charge in [-0.25, -0.2) is 4.98 Å². The largest absolute Gasteiger partial charge is 0.396 e. The van der Waals surface area contributed by atoms with E-state index in [1.807, 2.05) is 12.1 Å². The van der Waals surface area contributed by atoms with Crippen LogP contribution in [0.1, 0.15) is 17.8 Å². The summed E-state index contributed by atoms with van der Waals surface area (Å²) in [5, 5.41) is 12.0. The van der Waals surface area contributed by atoms with Crippen LogP contribution in [0.2, 0.25) is 0 Å². The minimum absolute atomic E-state index is 0.269. The average Bonchev–Trinajstić information content (AvgIpc) is 2.79. The van der Waals surface area contributed by atoms with Crippen molar-refractivity contribution >= 4 is 27.3 Å². The lowest BCUT2D eigenvalue weighted by atomic mass is 10.2. The van der Waals surface area contributed by atoms with Crippen molar-refractivity contribution in [3.05, 3.63) is 39.1 Å². The summed E-state index contributed by atoms with van der Waals surface area (Å²) >= 11 is 5.12. The van der Waals surface area contributed by atoms with Gasteiger partial charge in [0.15, 0.2) is 0 Å². The van der Waals surface area contributed by atoms with Gasteiger partial charge in [0.1, 0.15) is 0 Å². The Balaban J connectivity index is 2.04. The van der Waals surface area contributed by atoms with Crippen LogP contribution < -0.4 is 0 Å². The van der Waals surface area contributed by atoms with E-state index in [9.17, 15) is 0 Å². The molecule has 2 nitrogen and oxygen atoms in total. The molecule has 0 aliphatic heterocycles. The van der Waals surface area contributed by atoms with Gasteiger partial charge >= 0.3 is 0 Å². The third-order valence-electron chi connectivity index (χ3n) is 2.49. The van der Waals surface area contributed by atoms with Crippen molar-refractivity contribution in [2.24, 2.45) is 0 Å². The molecule has 1 aromatic carbocycles. The first-order valence-electron chi connectivity index (χ1n) is 5.61. The van der Waals surface area contributed by atoms with Gasteiger partial charge in [0.25, 0.3) is 0 Å². The van der Waals surface area contributed by atoms with E-state index in [1.165, 1.54) is 0 Å². The molecule has 0 bridgehead atoms. The van der Waals surface area contributed by atoms with E-state index in [4.69, 9.17) is 5.11 Å². The molecule has 90 valence electrons. The van der Waals surface area contributed by atoms with Gasteiger partial charge in [0.05, 0.1) is 10.7 Å². The van der Waals surface area contributed by atoms with E-state index in [1.54, 1.807) is 11.3 Å². The molecule has 1 aromatic heterocycles. The van der Waals surface area contributed by atoms with E-state index < -0.39 is 0 Å². The van der Waals surface area contributed by atoms with Gasteiger partial charge in [0.2, 0.25) is 0 Å². The molecule has 0 atom stereocenters. The predicted molar refractivity (Wildman–Crippen MR) is 75.3 cm³/mol. The van der Waals surface area contributed by atoms with Crippen LogP contribution >= 0.6 is 27.3 Å². The van der Waals surface area contributed by atoms with Crippen LogP contribution in [0.3, 0.4) is 0 Å². The lowest BCUT2D eigenvalue weighted by Gasteiger charge is -1.97. The first-order chi connectivity index (χ1) is 8.29. The van der Waals surface area contributed by atoms with Crippen LogP contribution in [0, 0.1) is 0 Å². The van der Waals surface area contributed by atoms with E-state index in [0.29, 0.717) is 0 Å². The normalized spacial score (nSPS) is 10.7. The van der Waals surface area contributed by atoms with Gasteiger partial charge < -0.3 is 5.11 Å². The summed E-state index contributed by atoms with van der Waals surface area (Å²) in [5.74, 6) is 0. The number of halogens is 1. The van der Waals surface area contributed by atoms with E-state index in [2.05, 4.69) is 38.4 Å². The van der Waals surface area contributed by atoms with Crippen LogP contribution in [0.5, 0.6) is 0 Å². The quantitative estimate of drug-likeness (QED) is 0.850. The Bertz CT molecular complexity index is 467. The van der Waals surface area contributed by atoms with Crippen molar-refractivity contribution in [2.45, 2.75) is 19.3 Å². The summed E-state index contributed by atoms with van der Waals surface area (Å²) in [5.41, 5.74) is 2.19. The van der Waals surface area contributed by atoms with Crippen LogP contribution in [0.25, 0.3) is 11.3 Å². The smallest absolute Gasteiger partial charge is 0.0932 e. The molecule has 0 amide bonds. The van der Waals surface area contributed by atoms with Crippen molar-refractivity contribution in [2.75, 3.05) is 6.61 Å². The monoisotopic (exact) mass is 311 g/mol. The molecule has 17 heavy (non-hydrogen) atoms. The maximum atomic E-state index is 8.73. The van der Waals surface area contributed by atoms with E-state index >= 15 is 0 Å². The number of benzene rings is 1. The molecule has 0 spiro atoms. The fraction of sp³-hybridized carbons (Fsp3) is 0.308. The van der Waals surface area contributed by atoms with Crippen molar-refractivity contribution in [1.29, 1.82) is 0 Å². The summed E-state index contributed by atoms with van der Waals surface area (Å²) in [6.45, 7) is 0.269. The van der Waals surface area contributed by atoms with Gasteiger partial charge in [-0.15, -0.1) is 11.3 Å². The average molecular weight is 312 g/mol. The Morgan fingerprint density at radius 1 is 1.18 bits per heavy atom. The third-order valence-corrected chi connectivity index (χ3v) is 3.93. The second-order valence-electron chi connectivity index (χ2n) is 3.81. The molecule has 2 aromatic rings. The Kier molecular flexibility index (Phi) is 4.71. The molecule has 0 radical (unpaired) electrons. The maximum Gasteiger partial charge on any atom is 0.0932 e. The molecule has 0 aliphatic rings. The number of aliphatic hydroxyl groups excluding tert-OH is 1. The van der Waals surface area contributed by atoms with Gasteiger partial charge in [-0.1, -0.05) is 28.1 Å². The zero-order chi connectivity index (χ0) is 12.1. The fourth-order valence-electron chi connectivity index (χ4n) is 1.57. The summed E-state index contributed by atoms with van der Waals surface area (Å²) in [7, 11) is 0. The summed E-state index contributed by atoms with van der Waals surface area (Å²) in [6.07, 6.45) is 2.82. The topological polar surface area (TPSA) is 33.1 Å². The number of hydrogen-bond acceptors (Lipinski definition) is 3. The van der Waals surface area contributed by atoms with Crippen LogP contribution in [-0.2, 0) is 6.42 Å². The highest BCUT2D eigenvalue weighted by atomic mass is 79.9. The van der Waals surface area contributed by atoms with Crippen molar-refractivity contribution in [3.63, 3.8) is 0 Å². The molecule has 0 saturated carbocycles. The summed E-state index contributed by atoms with van der Waals surface area (Å²) in [4.78, 5) is 4.60. The highest BCUT2D eigenvalue weighted by Gasteiger charge is 2.04. The standard InChI is InChI=1S/C13H14BrNOS/c14-11-6-4-10(5-7-11)12-9-17-13(15-12)3-1-2-8-16/h4-7,9,16H,1-3,8H2. The van der Waals surface area contributed by atoms with Gasteiger partial charge in [-0.2, -0.15) is 0 Å². The first kappa shape index (κ1) is 12.7. The molecule has 1 N–H and O–H groups in total. The zero-order valence-corrected chi connectivity index (χ0v) is 11.8. The summed E-state index contributed by atoms with van der Waals surface area (Å²) < 4.78 is 1.08. The zero-order valence-electron chi connectivity index (χ0n) is 9.40. The molecular weight excluding hydrogens is 298 g/mol. The SMILES string of the molecule is OCCCCc1nc(-c2ccc(Br)cc2)cs1. The second kappa shape index (κ2) is 6.28. The van der Waals surface area contributed by atoms with Crippen LogP contribution in [0.15, 0.2) is 34.1 Å². The predicted octanol–water partition coefficient (Wildman–Crippen LogP) is 3.89. The maximum absolute atomic E-state index is 8.73. The van der Waals surface area contributed by atoms with E-state index in [0.717, 1.165) is 40.0 Å². The number of unbranched alkanes of at least 4 members (excludes halogenated alkanes) is 1. The Morgan fingerprint density at radius 3 is 2.65 bits per heavy atom. The third kappa shape index (κ3) is 3.63. The second-order valence-corrected chi connectivity index (χ2v) is 5.67. The molecule has 0 saturated heterocycles. The number of thiazole rings is 1. The minimum atomic E-state index is 0.269. The van der Waals surface area contributed by atoms with Gasteiger partial charge in [0, 0.05) is 22.0 Å². The summed E-state index contributed by atoms with van der Waals surface area (Å²) in [6, 6.07) is 8.19. The highest BCUT2D eigenvalue weighted by molar-refractivity contribution is 9.10.